The molecule has 2 amide bonds. The van der Waals surface area contributed by atoms with E-state index in [2.05, 4.69) is 5.32 Å². The predicted octanol–water partition coefficient (Wildman–Crippen LogP) is 1.16. The Morgan fingerprint density at radius 1 is 1.21 bits per heavy atom. The van der Waals surface area contributed by atoms with Gasteiger partial charge in [0.25, 0.3) is 0 Å². The molecule has 1 atom stereocenters. The first-order valence-electron chi connectivity index (χ1n) is 5.20. The summed E-state index contributed by atoms with van der Waals surface area (Å²) in [5.41, 5.74) is 4.59. The lowest BCUT2D eigenvalue weighted by molar-refractivity contribution is -0.137. The molecule has 0 spiro atoms. The van der Waals surface area contributed by atoms with Gasteiger partial charge >= 0.3 is 12.0 Å². The Balaban J connectivity index is 2.92. The van der Waals surface area contributed by atoms with Crippen LogP contribution in [-0.4, -0.2) is 23.1 Å². The van der Waals surface area contributed by atoms with Gasteiger partial charge in [0.05, 0.1) is 6.42 Å². The number of benzene rings is 1. The van der Waals surface area contributed by atoms with Crippen molar-refractivity contribution in [2.75, 3.05) is 0 Å². The average molecular weight is 276 g/mol. The SMILES string of the molecule is NC(=O)N[C@@H](CC(=O)O)Cc1cc(F)c(F)cc1F. The van der Waals surface area contributed by atoms with Crippen LogP contribution in [0.5, 0.6) is 0 Å². The summed E-state index contributed by atoms with van der Waals surface area (Å²) < 4.78 is 39.1. The minimum atomic E-state index is -1.35. The van der Waals surface area contributed by atoms with Gasteiger partial charge in [0, 0.05) is 12.1 Å². The van der Waals surface area contributed by atoms with E-state index in [1.54, 1.807) is 0 Å². The monoisotopic (exact) mass is 276 g/mol. The zero-order valence-corrected chi connectivity index (χ0v) is 9.62. The van der Waals surface area contributed by atoms with Crippen molar-refractivity contribution in [3.05, 3.63) is 35.1 Å². The lowest BCUT2D eigenvalue weighted by atomic mass is 10.0. The lowest BCUT2D eigenvalue weighted by Crippen LogP contribution is -2.41. The summed E-state index contributed by atoms with van der Waals surface area (Å²) in [6, 6.07) is -1.04. The molecule has 104 valence electrons. The van der Waals surface area contributed by atoms with E-state index in [0.717, 1.165) is 0 Å². The highest BCUT2D eigenvalue weighted by Gasteiger charge is 2.19. The number of halogens is 3. The molecule has 4 N–H and O–H groups in total. The van der Waals surface area contributed by atoms with E-state index in [4.69, 9.17) is 10.8 Å². The van der Waals surface area contributed by atoms with Crippen LogP contribution in [0.2, 0.25) is 0 Å². The van der Waals surface area contributed by atoms with Gasteiger partial charge in [-0.05, 0) is 18.1 Å². The zero-order chi connectivity index (χ0) is 14.6. The van der Waals surface area contributed by atoms with Crippen LogP contribution in [0.25, 0.3) is 0 Å². The van der Waals surface area contributed by atoms with E-state index in [1.165, 1.54) is 0 Å². The van der Waals surface area contributed by atoms with Crippen molar-refractivity contribution >= 4 is 12.0 Å². The molecule has 19 heavy (non-hydrogen) atoms. The van der Waals surface area contributed by atoms with Gasteiger partial charge in [-0.2, -0.15) is 0 Å². The van der Waals surface area contributed by atoms with E-state index >= 15 is 0 Å². The number of carbonyl (C=O) groups excluding carboxylic acids is 1. The molecule has 1 aromatic rings. The molecule has 0 unspecified atom stereocenters. The number of hydrogen-bond donors (Lipinski definition) is 3. The number of urea groups is 1. The second-order valence-electron chi connectivity index (χ2n) is 3.87. The summed E-state index contributed by atoms with van der Waals surface area (Å²) in [5.74, 6) is -4.88. The molecule has 0 saturated heterocycles. The topological polar surface area (TPSA) is 92.4 Å². The maximum absolute atomic E-state index is 13.4. The first-order chi connectivity index (χ1) is 8.79. The minimum Gasteiger partial charge on any atom is -0.481 e. The van der Waals surface area contributed by atoms with Gasteiger partial charge in [0.2, 0.25) is 0 Å². The standard InChI is InChI=1S/C11H11F3N2O3/c12-7-4-9(14)8(13)2-5(7)1-6(3-10(17)18)16-11(15)19/h2,4,6H,1,3H2,(H,17,18)(H3,15,16,19)/t6-/m1/s1. The molecule has 1 rings (SSSR count). The molecule has 0 heterocycles. The van der Waals surface area contributed by atoms with Crippen molar-refractivity contribution in [2.45, 2.75) is 18.9 Å². The largest absolute Gasteiger partial charge is 0.481 e. The second-order valence-corrected chi connectivity index (χ2v) is 3.87. The maximum atomic E-state index is 13.4. The third-order valence-corrected chi connectivity index (χ3v) is 2.32. The molecule has 0 aliphatic rings. The molecular formula is C11H11F3N2O3. The number of nitrogens with one attached hydrogen (secondary N) is 1. The number of nitrogens with two attached hydrogens (primary N) is 1. The van der Waals surface area contributed by atoms with Crippen LogP contribution in [0.15, 0.2) is 12.1 Å². The minimum absolute atomic E-state index is 0.251. The Bertz CT molecular complexity index is 492. The normalized spacial score (nSPS) is 11.9. The third kappa shape index (κ3) is 4.49. The van der Waals surface area contributed by atoms with Crippen molar-refractivity contribution in [2.24, 2.45) is 5.73 Å². The van der Waals surface area contributed by atoms with Crippen molar-refractivity contribution in [3.63, 3.8) is 0 Å². The number of carbonyl (C=O) groups is 2. The molecule has 0 bridgehead atoms. The Morgan fingerprint density at radius 2 is 1.79 bits per heavy atom. The summed E-state index contributed by atoms with van der Waals surface area (Å²) in [4.78, 5) is 21.2. The van der Waals surface area contributed by atoms with Gasteiger partial charge < -0.3 is 16.2 Å². The van der Waals surface area contributed by atoms with Gasteiger partial charge in [0.15, 0.2) is 11.6 Å². The molecule has 0 aliphatic heterocycles. The van der Waals surface area contributed by atoms with E-state index in [1.807, 2.05) is 0 Å². The zero-order valence-electron chi connectivity index (χ0n) is 9.62. The Hall–Kier alpha value is -2.25. The number of hydrogen-bond acceptors (Lipinski definition) is 2. The lowest BCUT2D eigenvalue weighted by Gasteiger charge is -2.16. The van der Waals surface area contributed by atoms with Crippen molar-refractivity contribution in [1.29, 1.82) is 0 Å². The van der Waals surface area contributed by atoms with Crippen LogP contribution in [0.4, 0.5) is 18.0 Å². The van der Waals surface area contributed by atoms with Gasteiger partial charge in [-0.15, -0.1) is 0 Å². The number of primary amides is 1. The van der Waals surface area contributed by atoms with Crippen LogP contribution in [0, 0.1) is 17.5 Å². The highest BCUT2D eigenvalue weighted by Crippen LogP contribution is 2.16. The smallest absolute Gasteiger partial charge is 0.312 e. The highest BCUT2D eigenvalue weighted by atomic mass is 19.2. The Morgan fingerprint density at radius 3 is 2.32 bits per heavy atom. The van der Waals surface area contributed by atoms with Gasteiger partial charge in [-0.25, -0.2) is 18.0 Å². The number of rotatable bonds is 5. The first-order valence-corrected chi connectivity index (χ1v) is 5.20. The molecule has 0 aromatic heterocycles. The van der Waals surface area contributed by atoms with Gasteiger partial charge in [-0.1, -0.05) is 0 Å². The van der Waals surface area contributed by atoms with Crippen LogP contribution in [0.3, 0.4) is 0 Å². The quantitative estimate of drug-likeness (QED) is 0.704. The molecule has 0 radical (unpaired) electrons. The van der Waals surface area contributed by atoms with Crippen LogP contribution >= 0.6 is 0 Å². The number of carboxylic acids is 1. The van der Waals surface area contributed by atoms with Gasteiger partial charge in [0.1, 0.15) is 5.82 Å². The molecule has 5 nitrogen and oxygen atoms in total. The fourth-order valence-electron chi connectivity index (χ4n) is 1.57. The maximum Gasteiger partial charge on any atom is 0.312 e. The molecule has 0 fully saturated rings. The second kappa shape index (κ2) is 6.07. The number of carboxylic acid groups (broad SMARTS) is 1. The van der Waals surface area contributed by atoms with E-state index in [9.17, 15) is 22.8 Å². The van der Waals surface area contributed by atoms with Crippen molar-refractivity contribution < 1.29 is 27.9 Å². The summed E-state index contributed by atoms with van der Waals surface area (Å²) >= 11 is 0. The Kier molecular flexibility index (Phi) is 4.74. The van der Waals surface area contributed by atoms with Gasteiger partial charge in [-0.3, -0.25) is 4.79 Å². The van der Waals surface area contributed by atoms with Crippen LogP contribution in [-0.2, 0) is 11.2 Å². The average Bonchev–Trinajstić information content (AvgIpc) is 2.23. The highest BCUT2D eigenvalue weighted by molar-refractivity contribution is 5.74. The first kappa shape index (κ1) is 14.8. The Labute approximate surface area is 106 Å². The fraction of sp³-hybridized carbons (Fsp3) is 0.273. The molecule has 1 aromatic carbocycles. The number of amides is 2. The van der Waals surface area contributed by atoms with Crippen molar-refractivity contribution in [3.8, 4) is 0 Å². The molecular weight excluding hydrogens is 265 g/mol. The number of aliphatic carboxylic acids is 1. The summed E-state index contributed by atoms with van der Waals surface area (Å²) in [7, 11) is 0. The van der Waals surface area contributed by atoms with E-state index < -0.39 is 41.9 Å². The fourth-order valence-corrected chi connectivity index (χ4v) is 1.57. The van der Waals surface area contributed by atoms with E-state index in [-0.39, 0.29) is 12.0 Å². The third-order valence-electron chi connectivity index (χ3n) is 2.32. The summed E-state index contributed by atoms with van der Waals surface area (Å²) in [6.45, 7) is 0. The predicted molar refractivity (Wildman–Crippen MR) is 58.8 cm³/mol. The van der Waals surface area contributed by atoms with Crippen LogP contribution < -0.4 is 11.1 Å². The summed E-state index contributed by atoms with van der Waals surface area (Å²) in [5, 5.41) is 10.7. The molecule has 0 aliphatic carbocycles. The van der Waals surface area contributed by atoms with Crippen molar-refractivity contribution in [1.82, 2.24) is 5.32 Å². The molecule has 0 saturated carbocycles. The summed E-state index contributed by atoms with van der Waals surface area (Å²) in [6.07, 6.45) is -0.848. The van der Waals surface area contributed by atoms with E-state index in [0.29, 0.717) is 12.1 Å². The van der Waals surface area contributed by atoms with Crippen LogP contribution in [0.1, 0.15) is 12.0 Å². The molecule has 8 heteroatoms.